The van der Waals surface area contributed by atoms with Crippen molar-refractivity contribution in [2.45, 2.75) is 56.3 Å². The summed E-state index contributed by atoms with van der Waals surface area (Å²) in [5.41, 5.74) is 8.41. The first-order valence-corrected chi connectivity index (χ1v) is 12.5. The first-order chi connectivity index (χ1) is 18.4. The number of carbonyl (C=O) groups is 4. The Labute approximate surface area is 219 Å². The lowest BCUT2D eigenvalue weighted by Crippen LogP contribution is -2.57. The van der Waals surface area contributed by atoms with E-state index in [0.717, 1.165) is 11.3 Å². The molecule has 4 rings (SSSR count). The number of nitrogens with zero attached hydrogens (tertiary/aromatic N) is 3. The van der Waals surface area contributed by atoms with Crippen molar-refractivity contribution in [3.63, 3.8) is 0 Å². The molecule has 1 aliphatic rings. The summed E-state index contributed by atoms with van der Waals surface area (Å²) in [7, 11) is 0. The summed E-state index contributed by atoms with van der Waals surface area (Å²) in [4.78, 5) is 66.6. The van der Waals surface area contributed by atoms with Gasteiger partial charge in [-0.3, -0.25) is 14.4 Å². The maximum Gasteiger partial charge on any atom is 0.243 e. The number of nitrogens with one attached hydrogen (secondary N) is 4. The second-order valence-electron chi connectivity index (χ2n) is 9.36. The van der Waals surface area contributed by atoms with Crippen LogP contribution in [0.4, 0.5) is 0 Å². The van der Waals surface area contributed by atoms with E-state index in [1.54, 1.807) is 12.4 Å². The van der Waals surface area contributed by atoms with Crippen molar-refractivity contribution in [3.05, 3.63) is 72.3 Å². The molecule has 3 aromatic rings. The third-order valence-corrected chi connectivity index (χ3v) is 6.55. The van der Waals surface area contributed by atoms with Gasteiger partial charge in [-0.1, -0.05) is 30.3 Å². The van der Waals surface area contributed by atoms with E-state index in [0.29, 0.717) is 31.4 Å². The molecule has 3 amide bonds. The number of aromatic nitrogens is 4. The maximum absolute atomic E-state index is 13.4. The molecule has 1 aromatic carbocycles. The zero-order chi connectivity index (χ0) is 26.9. The molecule has 12 nitrogen and oxygen atoms in total. The van der Waals surface area contributed by atoms with Gasteiger partial charge in [-0.05, 0) is 18.4 Å². The molecule has 1 saturated heterocycles. The molecule has 0 saturated carbocycles. The van der Waals surface area contributed by atoms with Crippen molar-refractivity contribution in [1.29, 1.82) is 0 Å². The van der Waals surface area contributed by atoms with Gasteiger partial charge in [-0.2, -0.15) is 0 Å². The topological polar surface area (TPSA) is 179 Å². The minimum absolute atomic E-state index is 0.216. The molecule has 1 aliphatic heterocycles. The SMILES string of the molecule is NC(Cc1cnc[nH]1)C(=O)N1CCCC1C(=O)NC(Cc1ccccc1)C(=O)NC(C=O)Cc1cnc[nH]1. The second kappa shape index (κ2) is 12.8. The van der Waals surface area contributed by atoms with Crippen molar-refractivity contribution < 1.29 is 19.2 Å². The number of aromatic amines is 2. The van der Waals surface area contributed by atoms with E-state index >= 15 is 0 Å². The highest BCUT2D eigenvalue weighted by Gasteiger charge is 2.38. The Morgan fingerprint density at radius 1 is 1.03 bits per heavy atom. The summed E-state index contributed by atoms with van der Waals surface area (Å²) >= 11 is 0. The third kappa shape index (κ3) is 6.91. The minimum Gasteiger partial charge on any atom is -0.348 e. The highest BCUT2D eigenvalue weighted by Crippen LogP contribution is 2.19. The minimum atomic E-state index is -0.953. The number of amides is 3. The lowest BCUT2D eigenvalue weighted by atomic mass is 10.0. The number of imidazole rings is 2. The normalized spacial score (nSPS) is 17.4. The summed E-state index contributed by atoms with van der Waals surface area (Å²) < 4.78 is 0. The zero-order valence-electron chi connectivity index (χ0n) is 20.9. The van der Waals surface area contributed by atoms with Crippen LogP contribution in [0.25, 0.3) is 0 Å². The van der Waals surface area contributed by atoms with Crippen molar-refractivity contribution in [1.82, 2.24) is 35.5 Å². The summed E-state index contributed by atoms with van der Waals surface area (Å²) in [6.07, 6.45) is 8.67. The molecule has 0 spiro atoms. The molecule has 0 radical (unpaired) electrons. The van der Waals surface area contributed by atoms with Crippen LogP contribution in [0.3, 0.4) is 0 Å². The fraction of sp³-hybridized carbons (Fsp3) is 0.385. The van der Waals surface area contributed by atoms with E-state index in [9.17, 15) is 19.2 Å². The lowest BCUT2D eigenvalue weighted by Gasteiger charge is -2.28. The number of carbonyl (C=O) groups excluding carboxylic acids is 4. The van der Waals surface area contributed by atoms with Gasteiger partial charge < -0.3 is 36.0 Å². The van der Waals surface area contributed by atoms with E-state index in [1.807, 2.05) is 30.3 Å². The summed E-state index contributed by atoms with van der Waals surface area (Å²) in [5, 5.41) is 5.55. The number of nitrogens with two attached hydrogens (primary N) is 1. The van der Waals surface area contributed by atoms with E-state index in [-0.39, 0.29) is 25.2 Å². The molecule has 38 heavy (non-hydrogen) atoms. The van der Waals surface area contributed by atoms with Gasteiger partial charge in [0.1, 0.15) is 18.4 Å². The lowest BCUT2D eigenvalue weighted by molar-refractivity contribution is -0.140. The summed E-state index contributed by atoms with van der Waals surface area (Å²) in [6, 6.07) is 5.93. The Kier molecular flexibility index (Phi) is 8.98. The Bertz CT molecular complexity index is 1200. The number of aldehydes is 1. The van der Waals surface area contributed by atoms with E-state index in [2.05, 4.69) is 30.6 Å². The molecule has 0 aliphatic carbocycles. The average Bonchev–Trinajstić information content (AvgIpc) is 3.71. The first kappa shape index (κ1) is 26.7. The van der Waals surface area contributed by atoms with Crippen LogP contribution < -0.4 is 16.4 Å². The van der Waals surface area contributed by atoms with Gasteiger partial charge in [0.2, 0.25) is 17.7 Å². The molecular formula is C26H32N8O4. The third-order valence-electron chi connectivity index (χ3n) is 6.55. The monoisotopic (exact) mass is 520 g/mol. The van der Waals surface area contributed by atoms with Crippen LogP contribution in [-0.2, 0) is 38.4 Å². The van der Waals surface area contributed by atoms with Crippen LogP contribution >= 0.6 is 0 Å². The van der Waals surface area contributed by atoms with Gasteiger partial charge in [-0.25, -0.2) is 9.97 Å². The van der Waals surface area contributed by atoms with Crippen LogP contribution in [0.1, 0.15) is 29.8 Å². The highest BCUT2D eigenvalue weighted by molar-refractivity contribution is 5.94. The number of hydrogen-bond acceptors (Lipinski definition) is 7. The van der Waals surface area contributed by atoms with E-state index < -0.39 is 36.0 Å². The number of benzene rings is 1. The van der Waals surface area contributed by atoms with E-state index in [1.165, 1.54) is 17.6 Å². The van der Waals surface area contributed by atoms with Gasteiger partial charge in [0, 0.05) is 49.6 Å². The van der Waals surface area contributed by atoms with Gasteiger partial charge in [0.05, 0.1) is 24.7 Å². The predicted octanol–water partition coefficient (Wildman–Crippen LogP) is -0.352. The van der Waals surface area contributed by atoms with Crippen LogP contribution in [0.2, 0.25) is 0 Å². The van der Waals surface area contributed by atoms with Crippen LogP contribution in [-0.4, -0.2) is 79.6 Å². The van der Waals surface area contributed by atoms with Gasteiger partial charge in [0.15, 0.2) is 0 Å². The molecule has 6 N–H and O–H groups in total. The Morgan fingerprint density at radius 2 is 1.71 bits per heavy atom. The van der Waals surface area contributed by atoms with Gasteiger partial charge >= 0.3 is 0 Å². The van der Waals surface area contributed by atoms with Crippen molar-refractivity contribution >= 4 is 24.0 Å². The fourth-order valence-corrected chi connectivity index (χ4v) is 4.61. The average molecular weight is 521 g/mol. The zero-order valence-corrected chi connectivity index (χ0v) is 20.9. The molecule has 0 bridgehead atoms. The maximum atomic E-state index is 13.4. The van der Waals surface area contributed by atoms with Crippen LogP contribution in [0, 0.1) is 0 Å². The molecule has 2 aromatic heterocycles. The van der Waals surface area contributed by atoms with Gasteiger partial charge in [-0.15, -0.1) is 0 Å². The molecule has 12 heteroatoms. The molecule has 4 atom stereocenters. The quantitative estimate of drug-likeness (QED) is 0.202. The Morgan fingerprint density at radius 3 is 2.34 bits per heavy atom. The summed E-state index contributed by atoms with van der Waals surface area (Å²) in [6.45, 7) is 0.403. The summed E-state index contributed by atoms with van der Waals surface area (Å²) in [5.74, 6) is -1.26. The fourth-order valence-electron chi connectivity index (χ4n) is 4.61. The number of hydrogen-bond donors (Lipinski definition) is 5. The van der Waals surface area contributed by atoms with Crippen molar-refractivity contribution in [2.75, 3.05) is 6.54 Å². The number of rotatable bonds is 12. The second-order valence-corrected chi connectivity index (χ2v) is 9.36. The smallest absolute Gasteiger partial charge is 0.243 e. The Balaban J connectivity index is 1.44. The first-order valence-electron chi connectivity index (χ1n) is 12.5. The number of H-pyrrole nitrogens is 2. The van der Waals surface area contributed by atoms with E-state index in [4.69, 9.17) is 5.73 Å². The van der Waals surface area contributed by atoms with Crippen LogP contribution in [0.5, 0.6) is 0 Å². The molecule has 4 unspecified atom stereocenters. The highest BCUT2D eigenvalue weighted by atomic mass is 16.2. The molecule has 1 fully saturated rings. The van der Waals surface area contributed by atoms with Gasteiger partial charge in [0.25, 0.3) is 0 Å². The molecule has 3 heterocycles. The largest absolute Gasteiger partial charge is 0.348 e. The molecular weight excluding hydrogens is 488 g/mol. The van der Waals surface area contributed by atoms with Crippen molar-refractivity contribution in [3.8, 4) is 0 Å². The van der Waals surface area contributed by atoms with Crippen molar-refractivity contribution in [2.24, 2.45) is 5.73 Å². The number of likely N-dealkylation sites (tertiary alicyclic amines) is 1. The standard InChI is InChI=1S/C26H32N8O4/c27-21(11-19-13-29-16-31-19)26(38)34-8-4-7-23(34)25(37)33-22(9-17-5-2-1-3-6-17)24(36)32-20(14-35)10-18-12-28-15-30-18/h1-3,5-6,12-16,20-23H,4,7-11,27H2,(H,28,30)(H,29,31)(H,32,36)(H,33,37). The molecule has 200 valence electrons. The predicted molar refractivity (Wildman–Crippen MR) is 137 cm³/mol. The Hall–Kier alpha value is -4.32. The van der Waals surface area contributed by atoms with Crippen LogP contribution in [0.15, 0.2) is 55.4 Å².